The molecule has 16 nitrogen and oxygen atoms in total. The number of carbonyl (C=O) groups excluding carboxylic acids is 2. The molecule has 8 atom stereocenters. The number of phosphoric ester groups is 2. The lowest BCUT2D eigenvalue weighted by molar-refractivity contribution is -0.216. The first-order valence-electron chi connectivity index (χ1n) is 14.6. The number of aliphatic hydroxyl groups excluding tert-OH is 4. The molecule has 0 bridgehead atoms. The van der Waals surface area contributed by atoms with Gasteiger partial charge in [0, 0.05) is 12.8 Å². The van der Waals surface area contributed by atoms with Crippen LogP contribution >= 0.6 is 15.6 Å². The SMILES string of the molecule is CCCCCCCC(=O)OC[C@H](COP(=O)(O)O[C@H]1C(O)C(O)C(O)[C@@H](OP(=O)(O)O)C1O)OC(=O)CCCCCCC. The number of unbranched alkanes of at least 4 members (excludes halogenated alkanes) is 8. The summed E-state index contributed by atoms with van der Waals surface area (Å²) in [5, 5.41) is 40.6. The van der Waals surface area contributed by atoms with Crippen molar-refractivity contribution in [2.24, 2.45) is 0 Å². The van der Waals surface area contributed by atoms with Crippen molar-refractivity contribution in [3.8, 4) is 0 Å². The fourth-order valence-corrected chi connectivity index (χ4v) is 5.86. The molecule has 0 aliphatic heterocycles. The van der Waals surface area contributed by atoms with Gasteiger partial charge in [-0.2, -0.15) is 0 Å². The van der Waals surface area contributed by atoms with Crippen LogP contribution in [-0.2, 0) is 41.8 Å². The highest BCUT2D eigenvalue weighted by molar-refractivity contribution is 7.47. The summed E-state index contributed by atoms with van der Waals surface area (Å²) in [7, 11) is -10.6. The number of rotatable bonds is 22. The van der Waals surface area contributed by atoms with Crippen LogP contribution in [0.25, 0.3) is 0 Å². The van der Waals surface area contributed by atoms with Gasteiger partial charge in [-0.3, -0.25) is 23.2 Å². The first-order chi connectivity index (χ1) is 20.1. The van der Waals surface area contributed by atoms with Crippen LogP contribution in [0.5, 0.6) is 0 Å². The van der Waals surface area contributed by atoms with Gasteiger partial charge < -0.3 is 44.6 Å². The van der Waals surface area contributed by atoms with Gasteiger partial charge in [0.25, 0.3) is 0 Å². The average Bonchev–Trinajstić information content (AvgIpc) is 2.93. The Morgan fingerprint density at radius 2 is 1.14 bits per heavy atom. The molecule has 18 heteroatoms. The number of esters is 2. The summed E-state index contributed by atoms with van der Waals surface area (Å²) in [4.78, 5) is 52.8. The minimum absolute atomic E-state index is 0.0422. The molecule has 1 aliphatic rings. The van der Waals surface area contributed by atoms with Crippen molar-refractivity contribution >= 4 is 27.6 Å². The number of hydrogen-bond acceptors (Lipinski definition) is 13. The minimum Gasteiger partial charge on any atom is -0.462 e. The van der Waals surface area contributed by atoms with Gasteiger partial charge in [0.15, 0.2) is 6.10 Å². The molecular weight excluding hydrogens is 618 g/mol. The highest BCUT2D eigenvalue weighted by Crippen LogP contribution is 2.48. The molecule has 254 valence electrons. The number of ether oxygens (including phenoxy) is 2. The van der Waals surface area contributed by atoms with Gasteiger partial charge in [-0.25, -0.2) is 9.13 Å². The van der Waals surface area contributed by atoms with Crippen molar-refractivity contribution in [3.05, 3.63) is 0 Å². The lowest BCUT2D eigenvalue weighted by Crippen LogP contribution is -2.64. The number of hydrogen-bond donors (Lipinski definition) is 7. The molecule has 0 spiro atoms. The molecule has 5 unspecified atom stereocenters. The number of carbonyl (C=O) groups is 2. The van der Waals surface area contributed by atoms with Gasteiger partial charge in [-0.1, -0.05) is 65.2 Å². The van der Waals surface area contributed by atoms with E-state index in [2.05, 4.69) is 11.4 Å². The Bertz CT molecular complexity index is 914. The van der Waals surface area contributed by atoms with Crippen LogP contribution < -0.4 is 0 Å². The molecule has 1 aliphatic carbocycles. The predicted octanol–water partition coefficient (Wildman–Crippen LogP) is 1.60. The number of aliphatic hydroxyl groups is 4. The zero-order valence-corrected chi connectivity index (χ0v) is 26.4. The van der Waals surface area contributed by atoms with Crippen LogP contribution in [0.1, 0.15) is 90.9 Å². The Labute approximate surface area is 251 Å². The molecule has 0 aromatic heterocycles. The van der Waals surface area contributed by atoms with Crippen LogP contribution in [0.4, 0.5) is 0 Å². The van der Waals surface area contributed by atoms with E-state index in [4.69, 9.17) is 28.3 Å². The molecule has 0 heterocycles. The average molecular weight is 667 g/mol. The Morgan fingerprint density at radius 1 is 0.651 bits per heavy atom. The van der Waals surface area contributed by atoms with Gasteiger partial charge in [-0.05, 0) is 12.8 Å². The number of phosphoric acid groups is 2. The second-order valence-electron chi connectivity index (χ2n) is 10.5. The van der Waals surface area contributed by atoms with Crippen LogP contribution in [0.3, 0.4) is 0 Å². The minimum atomic E-state index is -5.34. The summed E-state index contributed by atoms with van der Waals surface area (Å²) in [6.07, 6.45) is -5.81. The van der Waals surface area contributed by atoms with Crippen molar-refractivity contribution < 1.29 is 76.9 Å². The normalized spacial score (nSPS) is 26.4. The molecule has 0 aromatic rings. The molecule has 43 heavy (non-hydrogen) atoms. The van der Waals surface area contributed by atoms with Crippen LogP contribution in [0.15, 0.2) is 0 Å². The van der Waals surface area contributed by atoms with E-state index < -0.39 is 83.5 Å². The summed E-state index contributed by atoms with van der Waals surface area (Å²) < 4.78 is 48.3. The van der Waals surface area contributed by atoms with Gasteiger partial charge in [0.2, 0.25) is 0 Å². The predicted molar refractivity (Wildman–Crippen MR) is 149 cm³/mol. The third kappa shape index (κ3) is 16.2. The lowest BCUT2D eigenvalue weighted by Gasteiger charge is -2.43. The molecule has 1 rings (SSSR count). The fourth-order valence-electron chi connectivity index (χ4n) is 4.32. The quantitative estimate of drug-likeness (QED) is 0.0492. The Hall–Kier alpha value is -1.00. The van der Waals surface area contributed by atoms with Crippen molar-refractivity contribution in [1.82, 2.24) is 0 Å². The van der Waals surface area contributed by atoms with E-state index in [-0.39, 0.29) is 12.8 Å². The van der Waals surface area contributed by atoms with E-state index in [1.54, 1.807) is 0 Å². The smallest absolute Gasteiger partial charge is 0.462 e. The largest absolute Gasteiger partial charge is 0.472 e. The molecule has 0 radical (unpaired) electrons. The highest BCUT2D eigenvalue weighted by Gasteiger charge is 2.54. The maximum absolute atomic E-state index is 12.7. The van der Waals surface area contributed by atoms with Crippen molar-refractivity contribution in [1.29, 1.82) is 0 Å². The van der Waals surface area contributed by atoms with Crippen molar-refractivity contribution in [2.75, 3.05) is 13.2 Å². The summed E-state index contributed by atoms with van der Waals surface area (Å²) >= 11 is 0. The standard InChI is InChI=1S/C25H48O16P2/c1-3-5-7-9-11-13-18(26)37-15-17(39-19(27)14-12-10-8-6-4-2)16-38-43(35,36)41-25-22(30)20(28)21(29)24(23(25)31)40-42(32,33)34/h17,20-25,28-31H,3-16H2,1-2H3,(H,35,36)(H2,32,33,34)/t17-,20?,21?,22?,23?,24-,25+/m1/s1. The second kappa shape index (κ2) is 20.2. The first kappa shape index (κ1) is 40.0. The van der Waals surface area contributed by atoms with Gasteiger partial charge >= 0.3 is 27.6 Å². The Morgan fingerprint density at radius 3 is 1.65 bits per heavy atom. The van der Waals surface area contributed by atoms with Crippen LogP contribution in [0.2, 0.25) is 0 Å². The van der Waals surface area contributed by atoms with Gasteiger partial charge in [0.1, 0.15) is 43.2 Å². The molecule has 0 amide bonds. The summed E-state index contributed by atoms with van der Waals surface area (Å²) in [6.45, 7) is 2.77. The van der Waals surface area contributed by atoms with E-state index in [0.29, 0.717) is 12.8 Å². The monoisotopic (exact) mass is 666 g/mol. The van der Waals surface area contributed by atoms with Crippen molar-refractivity contribution in [2.45, 2.75) is 134 Å². The zero-order chi connectivity index (χ0) is 32.6. The third-order valence-corrected chi connectivity index (χ3v) is 8.18. The van der Waals surface area contributed by atoms with Gasteiger partial charge in [-0.15, -0.1) is 0 Å². The first-order valence-corrected chi connectivity index (χ1v) is 17.6. The van der Waals surface area contributed by atoms with Gasteiger partial charge in [0.05, 0.1) is 6.61 Å². The Balaban J connectivity index is 2.84. The molecule has 7 N–H and O–H groups in total. The maximum Gasteiger partial charge on any atom is 0.472 e. The lowest BCUT2D eigenvalue weighted by atomic mass is 9.85. The molecule has 0 saturated heterocycles. The fraction of sp³-hybridized carbons (Fsp3) is 0.920. The van der Waals surface area contributed by atoms with E-state index >= 15 is 0 Å². The summed E-state index contributed by atoms with van der Waals surface area (Å²) in [5.74, 6) is -1.24. The summed E-state index contributed by atoms with van der Waals surface area (Å²) in [6, 6.07) is 0. The van der Waals surface area contributed by atoms with E-state index in [0.717, 1.165) is 51.4 Å². The van der Waals surface area contributed by atoms with E-state index in [1.807, 2.05) is 6.92 Å². The zero-order valence-electron chi connectivity index (χ0n) is 24.6. The maximum atomic E-state index is 12.7. The topological polar surface area (TPSA) is 256 Å². The van der Waals surface area contributed by atoms with E-state index in [1.165, 1.54) is 0 Å². The Kier molecular flexibility index (Phi) is 18.8. The van der Waals surface area contributed by atoms with Crippen LogP contribution in [0, 0.1) is 0 Å². The molecular formula is C25H48O16P2. The van der Waals surface area contributed by atoms with E-state index in [9.17, 15) is 44.0 Å². The van der Waals surface area contributed by atoms with Crippen molar-refractivity contribution in [3.63, 3.8) is 0 Å². The third-order valence-electron chi connectivity index (χ3n) is 6.68. The molecule has 1 fully saturated rings. The summed E-state index contributed by atoms with van der Waals surface area (Å²) in [5.41, 5.74) is 0. The molecule has 1 saturated carbocycles. The molecule has 0 aromatic carbocycles. The van der Waals surface area contributed by atoms with Crippen LogP contribution in [-0.4, -0.2) is 103 Å². The second-order valence-corrected chi connectivity index (χ2v) is 13.1. The highest BCUT2D eigenvalue weighted by atomic mass is 31.2.